The quantitative estimate of drug-likeness (QED) is 0.830. The molecule has 21 heavy (non-hydrogen) atoms. The molecule has 2 aromatic rings. The van der Waals surface area contributed by atoms with Crippen molar-refractivity contribution in [3.63, 3.8) is 0 Å². The lowest BCUT2D eigenvalue weighted by molar-refractivity contribution is 0.0944. The van der Waals surface area contributed by atoms with E-state index < -0.39 is 27.4 Å². The smallest absolute Gasteiger partial charge is 0.349 e. The first-order valence-electron chi connectivity index (χ1n) is 6.19. The fourth-order valence-electron chi connectivity index (χ4n) is 2.13. The van der Waals surface area contributed by atoms with Gasteiger partial charge in [-0.3, -0.25) is 4.79 Å². The van der Waals surface area contributed by atoms with Crippen molar-refractivity contribution in [2.24, 2.45) is 0 Å². The lowest BCUT2D eigenvalue weighted by Crippen LogP contribution is -2.37. The Morgan fingerprint density at radius 1 is 1.29 bits per heavy atom. The summed E-state index contributed by atoms with van der Waals surface area (Å²) in [6.45, 7) is 0. The maximum absolute atomic E-state index is 12.1. The van der Waals surface area contributed by atoms with Crippen LogP contribution >= 0.6 is 0 Å². The zero-order valence-electron chi connectivity index (χ0n) is 10.8. The van der Waals surface area contributed by atoms with Crippen LogP contribution in [0.3, 0.4) is 0 Å². The van der Waals surface area contributed by atoms with Crippen LogP contribution < -0.4 is 10.9 Å². The molecule has 0 bridgehead atoms. The molecule has 108 valence electrons. The SMILES string of the molecule is O=C(NC1C=CS(=O)(=O)C1)c1cc2ccccc2oc1=O. The lowest BCUT2D eigenvalue weighted by atomic mass is 10.1. The molecule has 0 saturated carbocycles. The highest BCUT2D eigenvalue weighted by Crippen LogP contribution is 2.13. The van der Waals surface area contributed by atoms with Crippen LogP contribution in [0.1, 0.15) is 10.4 Å². The molecular formula is C14H11NO5S. The molecule has 3 rings (SSSR count). The molecule has 1 amide bonds. The van der Waals surface area contributed by atoms with Gasteiger partial charge in [-0.15, -0.1) is 0 Å². The molecule has 0 fully saturated rings. The van der Waals surface area contributed by atoms with Crippen molar-refractivity contribution in [3.05, 3.63) is 57.8 Å². The molecule has 0 aliphatic carbocycles. The standard InChI is InChI=1S/C14H11NO5S/c16-13(15-10-5-6-21(18,19)8-10)11-7-9-3-1-2-4-12(9)20-14(11)17/h1-7,10H,8H2,(H,15,16). The summed E-state index contributed by atoms with van der Waals surface area (Å²) in [7, 11) is -3.26. The van der Waals surface area contributed by atoms with E-state index in [9.17, 15) is 18.0 Å². The van der Waals surface area contributed by atoms with Crippen molar-refractivity contribution >= 4 is 26.7 Å². The highest BCUT2D eigenvalue weighted by Gasteiger charge is 2.24. The van der Waals surface area contributed by atoms with Gasteiger partial charge in [0.25, 0.3) is 5.91 Å². The summed E-state index contributed by atoms with van der Waals surface area (Å²) in [5.74, 6) is -0.848. The highest BCUT2D eigenvalue weighted by molar-refractivity contribution is 7.94. The normalized spacial score (nSPS) is 19.7. The van der Waals surface area contributed by atoms with Gasteiger partial charge < -0.3 is 9.73 Å². The molecular weight excluding hydrogens is 294 g/mol. The summed E-state index contributed by atoms with van der Waals surface area (Å²) in [5, 5.41) is 4.17. The van der Waals surface area contributed by atoms with Crippen LogP contribution in [0.15, 0.2) is 51.0 Å². The van der Waals surface area contributed by atoms with Gasteiger partial charge in [-0.2, -0.15) is 0 Å². The summed E-state index contributed by atoms with van der Waals surface area (Å²) < 4.78 is 27.6. The molecule has 7 heteroatoms. The molecule has 0 radical (unpaired) electrons. The molecule has 6 nitrogen and oxygen atoms in total. The van der Waals surface area contributed by atoms with Crippen molar-refractivity contribution in [2.75, 3.05) is 5.75 Å². The number of para-hydroxylation sites is 1. The van der Waals surface area contributed by atoms with Gasteiger partial charge in [-0.1, -0.05) is 18.2 Å². The van der Waals surface area contributed by atoms with Crippen molar-refractivity contribution < 1.29 is 17.6 Å². The van der Waals surface area contributed by atoms with Gasteiger partial charge in [0.2, 0.25) is 0 Å². The van der Waals surface area contributed by atoms with Gasteiger partial charge in [-0.05, 0) is 18.2 Å². The molecule has 1 aromatic carbocycles. The molecule has 1 aliphatic rings. The third-order valence-electron chi connectivity index (χ3n) is 3.13. The van der Waals surface area contributed by atoms with Crippen LogP contribution in [0.2, 0.25) is 0 Å². The molecule has 1 atom stereocenters. The van der Waals surface area contributed by atoms with Gasteiger partial charge >= 0.3 is 5.63 Å². The van der Waals surface area contributed by atoms with E-state index in [2.05, 4.69) is 5.32 Å². The Morgan fingerprint density at radius 2 is 2.05 bits per heavy atom. The fourth-order valence-corrected chi connectivity index (χ4v) is 3.37. The number of hydrogen-bond donors (Lipinski definition) is 1. The molecule has 1 unspecified atom stereocenters. The van der Waals surface area contributed by atoms with E-state index in [0.717, 1.165) is 5.41 Å². The first-order valence-corrected chi connectivity index (χ1v) is 7.91. The maximum Gasteiger partial charge on any atom is 0.349 e. The summed E-state index contributed by atoms with van der Waals surface area (Å²) in [6.07, 6.45) is 1.38. The minimum absolute atomic E-state index is 0.147. The lowest BCUT2D eigenvalue weighted by Gasteiger charge is -2.09. The number of carbonyl (C=O) groups is 1. The molecule has 1 aliphatic heterocycles. The van der Waals surface area contributed by atoms with Crippen LogP contribution in [0, 0.1) is 0 Å². The monoisotopic (exact) mass is 305 g/mol. The van der Waals surface area contributed by atoms with Gasteiger partial charge in [-0.25, -0.2) is 13.2 Å². The number of rotatable bonds is 2. The molecule has 2 heterocycles. The van der Waals surface area contributed by atoms with E-state index in [1.54, 1.807) is 24.3 Å². The highest BCUT2D eigenvalue weighted by atomic mass is 32.2. The minimum atomic E-state index is -3.26. The van der Waals surface area contributed by atoms with Crippen LogP contribution in [-0.2, 0) is 9.84 Å². The first kappa shape index (κ1) is 13.6. The number of fused-ring (bicyclic) bond motifs is 1. The summed E-state index contributed by atoms with van der Waals surface area (Å²) in [5.41, 5.74) is -0.509. The zero-order chi connectivity index (χ0) is 15.0. The van der Waals surface area contributed by atoms with Crippen molar-refractivity contribution in [2.45, 2.75) is 6.04 Å². The van der Waals surface area contributed by atoms with Crippen molar-refractivity contribution in [3.8, 4) is 0 Å². The molecule has 1 aromatic heterocycles. The van der Waals surface area contributed by atoms with Crippen LogP contribution in [0.25, 0.3) is 11.0 Å². The van der Waals surface area contributed by atoms with E-state index in [0.29, 0.717) is 11.0 Å². The maximum atomic E-state index is 12.1. The van der Waals surface area contributed by atoms with Crippen LogP contribution in [0.5, 0.6) is 0 Å². The van der Waals surface area contributed by atoms with Crippen molar-refractivity contribution in [1.29, 1.82) is 0 Å². The zero-order valence-corrected chi connectivity index (χ0v) is 11.6. The Hall–Kier alpha value is -2.41. The Labute approximate surface area is 120 Å². The number of carbonyl (C=O) groups excluding carboxylic acids is 1. The number of nitrogens with one attached hydrogen (secondary N) is 1. The third kappa shape index (κ3) is 2.73. The average Bonchev–Trinajstić information content (AvgIpc) is 2.77. The largest absolute Gasteiger partial charge is 0.422 e. The number of amides is 1. The number of benzene rings is 1. The van der Waals surface area contributed by atoms with Crippen LogP contribution in [0.4, 0.5) is 0 Å². The number of hydrogen-bond acceptors (Lipinski definition) is 5. The summed E-state index contributed by atoms with van der Waals surface area (Å²) in [6, 6.07) is 7.63. The average molecular weight is 305 g/mol. The minimum Gasteiger partial charge on any atom is -0.422 e. The van der Waals surface area contributed by atoms with Gasteiger partial charge in [0, 0.05) is 10.8 Å². The van der Waals surface area contributed by atoms with E-state index >= 15 is 0 Å². The van der Waals surface area contributed by atoms with E-state index in [1.807, 2.05) is 0 Å². The summed E-state index contributed by atoms with van der Waals surface area (Å²) >= 11 is 0. The van der Waals surface area contributed by atoms with Gasteiger partial charge in [0.1, 0.15) is 11.1 Å². The third-order valence-corrected chi connectivity index (χ3v) is 4.53. The van der Waals surface area contributed by atoms with Crippen molar-refractivity contribution in [1.82, 2.24) is 5.32 Å². The Balaban J connectivity index is 1.90. The summed E-state index contributed by atoms with van der Waals surface area (Å²) in [4.78, 5) is 23.9. The topological polar surface area (TPSA) is 93.4 Å². The Bertz CT molecular complexity index is 910. The van der Waals surface area contributed by atoms with E-state index in [4.69, 9.17) is 4.42 Å². The molecule has 0 saturated heterocycles. The predicted octanol–water partition coefficient (Wildman–Crippen LogP) is 0.834. The Morgan fingerprint density at radius 3 is 2.76 bits per heavy atom. The fraction of sp³-hybridized carbons (Fsp3) is 0.143. The second kappa shape index (κ2) is 4.85. The van der Waals surface area contributed by atoms with Crippen LogP contribution in [-0.4, -0.2) is 26.1 Å². The van der Waals surface area contributed by atoms with E-state index in [-0.39, 0.29) is 11.3 Å². The van der Waals surface area contributed by atoms with Gasteiger partial charge in [0.05, 0.1) is 11.8 Å². The molecule has 0 spiro atoms. The van der Waals surface area contributed by atoms with E-state index in [1.165, 1.54) is 12.1 Å². The Kier molecular flexibility index (Phi) is 3.13. The second-order valence-electron chi connectivity index (χ2n) is 4.72. The number of sulfone groups is 1. The van der Waals surface area contributed by atoms with Gasteiger partial charge in [0.15, 0.2) is 9.84 Å². The molecule has 1 N–H and O–H groups in total. The predicted molar refractivity (Wildman–Crippen MR) is 76.7 cm³/mol. The second-order valence-corrected chi connectivity index (χ2v) is 6.65. The first-order chi connectivity index (χ1) is 9.94.